The second kappa shape index (κ2) is 8.94. The van der Waals surface area contributed by atoms with Crippen LogP contribution in [0.15, 0.2) is 60.1 Å². The molecule has 6 rings (SSSR count). The van der Waals surface area contributed by atoms with Crippen LogP contribution >= 0.6 is 0 Å². The summed E-state index contributed by atoms with van der Waals surface area (Å²) in [6, 6.07) is 8.33. The molecule has 0 fully saturated rings. The van der Waals surface area contributed by atoms with Crippen molar-refractivity contribution in [3.05, 3.63) is 83.3 Å². The van der Waals surface area contributed by atoms with E-state index >= 15 is 4.39 Å². The molecule has 0 aliphatic carbocycles. The third-order valence-corrected chi connectivity index (χ3v) is 6.16. The first-order chi connectivity index (χ1) is 18.0. The van der Waals surface area contributed by atoms with Crippen molar-refractivity contribution in [1.29, 1.82) is 0 Å². The number of amidine groups is 1. The number of pyridine rings is 1. The predicted octanol–water partition coefficient (Wildman–Crippen LogP) is 3.82. The minimum absolute atomic E-state index is 0.0698. The maximum absolute atomic E-state index is 15.9. The van der Waals surface area contributed by atoms with Crippen molar-refractivity contribution in [1.82, 2.24) is 24.7 Å². The summed E-state index contributed by atoms with van der Waals surface area (Å²) in [5.41, 5.74) is 3.49. The molecule has 0 saturated heterocycles. The molecule has 10 nitrogen and oxygen atoms in total. The number of aromatic nitrogens is 5. The van der Waals surface area contributed by atoms with Crippen LogP contribution in [0.4, 0.5) is 27.5 Å². The lowest BCUT2D eigenvalue weighted by Gasteiger charge is -2.28. The minimum Gasteiger partial charge on any atom is -0.321 e. The standard InChI is InChI=1S/C26H22FN9O/c1-15-6-7-19(33-25(37)20-5-3-4-8-28-20)22(27)21(15)18-11-16-12-30-26(32-17-13-31-35(2)14-17)34-23(16)36-10-9-29-24(18)36/h3-8,11-14H,9-10H2,1-2H3,(H,33,37)(H,30,32,34). The van der Waals surface area contributed by atoms with Crippen molar-refractivity contribution in [2.75, 3.05) is 28.6 Å². The van der Waals surface area contributed by atoms with Crippen molar-refractivity contribution < 1.29 is 9.18 Å². The highest BCUT2D eigenvalue weighted by Gasteiger charge is 2.33. The third kappa shape index (κ3) is 4.10. The topological polar surface area (TPSA) is 113 Å². The van der Waals surface area contributed by atoms with Gasteiger partial charge in [0, 0.05) is 48.9 Å². The van der Waals surface area contributed by atoms with Crippen molar-refractivity contribution in [2.24, 2.45) is 12.0 Å². The van der Waals surface area contributed by atoms with E-state index < -0.39 is 11.7 Å². The zero-order chi connectivity index (χ0) is 25.5. The third-order valence-electron chi connectivity index (χ3n) is 6.16. The first-order valence-electron chi connectivity index (χ1n) is 11.7. The lowest BCUT2D eigenvalue weighted by molar-refractivity contribution is 0.102. The molecule has 5 heterocycles. The van der Waals surface area contributed by atoms with Gasteiger partial charge in [-0.2, -0.15) is 10.1 Å². The average Bonchev–Trinajstić information content (AvgIpc) is 3.56. The molecular formula is C26H22FN9O. The van der Waals surface area contributed by atoms with E-state index in [-0.39, 0.29) is 11.4 Å². The van der Waals surface area contributed by atoms with E-state index in [0.717, 1.165) is 11.3 Å². The van der Waals surface area contributed by atoms with Crippen molar-refractivity contribution >= 4 is 46.5 Å². The molecular weight excluding hydrogens is 473 g/mol. The summed E-state index contributed by atoms with van der Waals surface area (Å²) in [6.07, 6.45) is 8.59. The summed E-state index contributed by atoms with van der Waals surface area (Å²) < 4.78 is 17.6. The molecule has 2 N–H and O–H groups in total. The van der Waals surface area contributed by atoms with Crippen LogP contribution in [0, 0.1) is 12.7 Å². The van der Waals surface area contributed by atoms with E-state index in [1.165, 1.54) is 6.20 Å². The van der Waals surface area contributed by atoms with Gasteiger partial charge in [-0.05, 0) is 36.8 Å². The number of amides is 1. The van der Waals surface area contributed by atoms with E-state index in [9.17, 15) is 4.79 Å². The maximum Gasteiger partial charge on any atom is 0.274 e. The molecule has 0 unspecified atom stereocenters. The Morgan fingerprint density at radius 2 is 2.03 bits per heavy atom. The number of rotatable bonds is 5. The average molecular weight is 496 g/mol. The highest BCUT2D eigenvalue weighted by Crippen LogP contribution is 2.38. The van der Waals surface area contributed by atoms with Gasteiger partial charge in [-0.3, -0.25) is 19.5 Å². The lowest BCUT2D eigenvalue weighted by atomic mass is 9.94. The number of aliphatic imine (C=N–C) groups is 1. The van der Waals surface area contributed by atoms with Gasteiger partial charge in [-0.15, -0.1) is 0 Å². The zero-order valence-corrected chi connectivity index (χ0v) is 20.1. The highest BCUT2D eigenvalue weighted by molar-refractivity contribution is 6.36. The summed E-state index contributed by atoms with van der Waals surface area (Å²) >= 11 is 0. The number of nitrogens with one attached hydrogen (secondary N) is 2. The van der Waals surface area contributed by atoms with E-state index in [1.807, 2.05) is 31.1 Å². The van der Waals surface area contributed by atoms with Gasteiger partial charge in [-0.1, -0.05) is 12.1 Å². The van der Waals surface area contributed by atoms with Crippen LogP contribution in [-0.2, 0) is 7.05 Å². The number of nitrogens with zero attached hydrogens (tertiary/aromatic N) is 7. The van der Waals surface area contributed by atoms with E-state index in [4.69, 9.17) is 4.98 Å². The Morgan fingerprint density at radius 1 is 1.14 bits per heavy atom. The SMILES string of the molecule is Cc1ccc(NC(=O)c2ccccn2)c(F)c1C1=Cc2cnc(Nc3cnn(C)c3)nc2N2CCN=C12. The van der Waals surface area contributed by atoms with Crippen LogP contribution in [-0.4, -0.2) is 49.6 Å². The summed E-state index contributed by atoms with van der Waals surface area (Å²) in [5.74, 6) is 0.729. The quantitative estimate of drug-likeness (QED) is 0.433. The summed E-state index contributed by atoms with van der Waals surface area (Å²) in [5, 5.41) is 9.95. The smallest absolute Gasteiger partial charge is 0.274 e. The number of aryl methyl sites for hydroxylation is 2. The Hall–Kier alpha value is -4.93. The van der Waals surface area contributed by atoms with Gasteiger partial charge in [0.25, 0.3) is 5.91 Å². The molecule has 0 saturated carbocycles. The fourth-order valence-electron chi connectivity index (χ4n) is 4.45. The number of hydrogen-bond donors (Lipinski definition) is 2. The molecule has 0 atom stereocenters. The number of carbonyl (C=O) groups excluding carboxylic acids is 1. The predicted molar refractivity (Wildman–Crippen MR) is 139 cm³/mol. The molecule has 2 aliphatic heterocycles. The molecule has 1 amide bonds. The summed E-state index contributed by atoms with van der Waals surface area (Å²) in [6.45, 7) is 2.99. The molecule has 0 spiro atoms. The molecule has 4 aromatic rings. The Balaban J connectivity index is 1.38. The van der Waals surface area contributed by atoms with Gasteiger partial charge in [0.05, 0.1) is 24.1 Å². The second-order valence-electron chi connectivity index (χ2n) is 8.70. The first kappa shape index (κ1) is 22.5. The van der Waals surface area contributed by atoms with E-state index in [1.54, 1.807) is 47.4 Å². The number of fused-ring (bicyclic) bond motifs is 3. The number of anilines is 4. The fraction of sp³-hybridized carbons (Fsp3) is 0.154. The molecule has 3 aromatic heterocycles. The molecule has 184 valence electrons. The van der Waals surface area contributed by atoms with Gasteiger partial charge in [0.1, 0.15) is 17.3 Å². The van der Waals surface area contributed by atoms with Crippen LogP contribution in [0.25, 0.3) is 11.6 Å². The molecule has 11 heteroatoms. The number of benzene rings is 1. The monoisotopic (exact) mass is 495 g/mol. The van der Waals surface area contributed by atoms with E-state index in [0.29, 0.717) is 47.4 Å². The van der Waals surface area contributed by atoms with Crippen molar-refractivity contribution in [3.63, 3.8) is 0 Å². The fourth-order valence-corrected chi connectivity index (χ4v) is 4.45. The Labute approximate surface area is 211 Å². The van der Waals surface area contributed by atoms with Crippen LogP contribution in [0.1, 0.15) is 27.2 Å². The van der Waals surface area contributed by atoms with E-state index in [2.05, 4.69) is 30.7 Å². The molecule has 0 radical (unpaired) electrons. The number of halogens is 1. The first-order valence-corrected chi connectivity index (χ1v) is 11.7. The van der Waals surface area contributed by atoms with Gasteiger partial charge >= 0.3 is 0 Å². The van der Waals surface area contributed by atoms with Gasteiger partial charge in [0.15, 0.2) is 5.82 Å². The van der Waals surface area contributed by atoms with Gasteiger partial charge < -0.3 is 15.5 Å². The minimum atomic E-state index is -0.538. The van der Waals surface area contributed by atoms with Gasteiger partial charge in [-0.25, -0.2) is 9.37 Å². The largest absolute Gasteiger partial charge is 0.321 e. The van der Waals surface area contributed by atoms with Crippen LogP contribution in [0.2, 0.25) is 0 Å². The molecule has 1 aromatic carbocycles. The maximum atomic E-state index is 15.9. The normalized spacial score (nSPS) is 14.0. The van der Waals surface area contributed by atoms with Crippen LogP contribution in [0.5, 0.6) is 0 Å². The van der Waals surface area contributed by atoms with Crippen LogP contribution in [0.3, 0.4) is 0 Å². The summed E-state index contributed by atoms with van der Waals surface area (Å²) in [4.78, 5) is 32.5. The Morgan fingerprint density at radius 3 is 2.81 bits per heavy atom. The summed E-state index contributed by atoms with van der Waals surface area (Å²) in [7, 11) is 1.83. The Kier molecular flexibility index (Phi) is 5.44. The lowest BCUT2D eigenvalue weighted by Crippen LogP contribution is -2.33. The molecule has 37 heavy (non-hydrogen) atoms. The zero-order valence-electron chi connectivity index (χ0n) is 20.1. The van der Waals surface area contributed by atoms with Crippen molar-refractivity contribution in [2.45, 2.75) is 6.92 Å². The molecule has 2 aliphatic rings. The number of carbonyl (C=O) groups is 1. The number of hydrogen-bond acceptors (Lipinski definition) is 8. The van der Waals surface area contributed by atoms with Crippen LogP contribution < -0.4 is 15.5 Å². The van der Waals surface area contributed by atoms with Crippen molar-refractivity contribution in [3.8, 4) is 0 Å². The second-order valence-corrected chi connectivity index (χ2v) is 8.70. The Bertz CT molecular complexity index is 1590. The molecule has 0 bridgehead atoms. The highest BCUT2D eigenvalue weighted by atomic mass is 19.1. The van der Waals surface area contributed by atoms with Gasteiger partial charge in [0.2, 0.25) is 5.95 Å².